The van der Waals surface area contributed by atoms with Crippen LogP contribution in [0, 0.1) is 0 Å². The number of aliphatic carboxylic acids is 1. The molecule has 1 N–H and O–H groups in total. The van der Waals surface area contributed by atoms with E-state index in [1.54, 1.807) is 0 Å². The topological polar surface area (TPSA) is 37.3 Å². The van der Waals surface area contributed by atoms with Crippen molar-refractivity contribution in [2.24, 2.45) is 0 Å². The summed E-state index contributed by atoms with van der Waals surface area (Å²) in [5, 5.41) is 8.52. The van der Waals surface area contributed by atoms with E-state index in [0.29, 0.717) is 6.42 Å². The first-order valence-electron chi connectivity index (χ1n) is 16.9. The highest BCUT2D eigenvalue weighted by molar-refractivity contribution is 5.66. The largest absolute Gasteiger partial charge is 0.481 e. The SMILES string of the molecule is CCCCCCCCCCCCCCCC.CCCCCCCCCCCCCCCCCC(=O)O. The molecular formula is C34H70O2. The lowest BCUT2D eigenvalue weighted by molar-refractivity contribution is -0.137. The van der Waals surface area contributed by atoms with Gasteiger partial charge in [0.2, 0.25) is 0 Å². The predicted molar refractivity (Wildman–Crippen MR) is 163 cm³/mol. The number of carbonyl (C=O) groups is 1. The van der Waals surface area contributed by atoms with Crippen molar-refractivity contribution in [3.63, 3.8) is 0 Å². The Labute approximate surface area is 229 Å². The molecule has 2 nitrogen and oxygen atoms in total. The first-order chi connectivity index (χ1) is 17.7. The molecule has 36 heavy (non-hydrogen) atoms. The zero-order chi connectivity index (χ0) is 26.8. The summed E-state index contributed by atoms with van der Waals surface area (Å²) in [6, 6.07) is 0. The lowest BCUT2D eigenvalue weighted by Gasteiger charge is -2.03. The third-order valence-electron chi connectivity index (χ3n) is 7.45. The van der Waals surface area contributed by atoms with Gasteiger partial charge in [0.1, 0.15) is 0 Å². The van der Waals surface area contributed by atoms with Gasteiger partial charge in [-0.25, -0.2) is 0 Å². The van der Waals surface area contributed by atoms with Gasteiger partial charge in [-0.05, 0) is 6.42 Å². The molecule has 0 atom stereocenters. The number of carboxylic acids is 1. The van der Waals surface area contributed by atoms with Crippen LogP contribution in [0.2, 0.25) is 0 Å². The van der Waals surface area contributed by atoms with Crippen LogP contribution in [-0.4, -0.2) is 11.1 Å². The fourth-order valence-electron chi connectivity index (χ4n) is 4.92. The highest BCUT2D eigenvalue weighted by atomic mass is 16.4. The van der Waals surface area contributed by atoms with E-state index in [1.807, 2.05) is 0 Å². The summed E-state index contributed by atoms with van der Waals surface area (Å²) in [6.07, 6.45) is 40.6. The van der Waals surface area contributed by atoms with E-state index in [2.05, 4.69) is 20.8 Å². The lowest BCUT2D eigenvalue weighted by Crippen LogP contribution is -1.93. The Morgan fingerprint density at radius 1 is 0.333 bits per heavy atom. The van der Waals surface area contributed by atoms with Crippen molar-refractivity contribution in [1.82, 2.24) is 0 Å². The quantitative estimate of drug-likeness (QED) is 0.102. The van der Waals surface area contributed by atoms with Crippen molar-refractivity contribution in [1.29, 1.82) is 0 Å². The van der Waals surface area contributed by atoms with E-state index >= 15 is 0 Å². The molecule has 0 aromatic heterocycles. The monoisotopic (exact) mass is 511 g/mol. The third-order valence-corrected chi connectivity index (χ3v) is 7.45. The van der Waals surface area contributed by atoms with Crippen molar-refractivity contribution >= 4 is 5.97 Å². The molecule has 0 radical (unpaired) electrons. The molecule has 0 saturated carbocycles. The minimum atomic E-state index is -0.653. The second kappa shape index (κ2) is 36.6. The van der Waals surface area contributed by atoms with Gasteiger partial charge in [0, 0.05) is 6.42 Å². The molecule has 0 aromatic rings. The number of carboxylic acid groups (broad SMARTS) is 1. The van der Waals surface area contributed by atoms with Crippen molar-refractivity contribution in [3.05, 3.63) is 0 Å². The normalized spacial score (nSPS) is 10.9. The second-order valence-electron chi connectivity index (χ2n) is 11.3. The Bertz CT molecular complexity index is 365. The van der Waals surface area contributed by atoms with Crippen LogP contribution < -0.4 is 0 Å². The third kappa shape index (κ3) is 40.6. The molecule has 0 aliphatic rings. The van der Waals surface area contributed by atoms with E-state index in [1.165, 1.54) is 173 Å². The van der Waals surface area contributed by atoms with Crippen LogP contribution in [0.3, 0.4) is 0 Å². The fraction of sp³-hybridized carbons (Fsp3) is 0.971. The van der Waals surface area contributed by atoms with Gasteiger partial charge in [0.15, 0.2) is 0 Å². The Hall–Kier alpha value is -0.530. The van der Waals surface area contributed by atoms with Gasteiger partial charge in [0.25, 0.3) is 0 Å². The first kappa shape index (κ1) is 37.6. The van der Waals surface area contributed by atoms with Crippen LogP contribution in [0.25, 0.3) is 0 Å². The highest BCUT2D eigenvalue weighted by Gasteiger charge is 1.97. The van der Waals surface area contributed by atoms with Gasteiger partial charge in [-0.2, -0.15) is 0 Å². The summed E-state index contributed by atoms with van der Waals surface area (Å²) in [6.45, 7) is 6.85. The van der Waals surface area contributed by atoms with Crippen molar-refractivity contribution < 1.29 is 9.90 Å². The van der Waals surface area contributed by atoms with Crippen LogP contribution in [0.4, 0.5) is 0 Å². The molecular weight excluding hydrogens is 440 g/mol. The number of hydrogen-bond acceptors (Lipinski definition) is 1. The van der Waals surface area contributed by atoms with Crippen molar-refractivity contribution in [2.75, 3.05) is 0 Å². The molecule has 0 heterocycles. The summed E-state index contributed by atoms with van der Waals surface area (Å²) in [7, 11) is 0. The fourth-order valence-corrected chi connectivity index (χ4v) is 4.92. The maximum atomic E-state index is 10.3. The summed E-state index contributed by atoms with van der Waals surface area (Å²) in [5.74, 6) is -0.653. The molecule has 0 spiro atoms. The van der Waals surface area contributed by atoms with Crippen molar-refractivity contribution in [3.8, 4) is 0 Å². The molecule has 0 amide bonds. The summed E-state index contributed by atoms with van der Waals surface area (Å²) in [5.41, 5.74) is 0. The van der Waals surface area contributed by atoms with E-state index < -0.39 is 5.97 Å². The van der Waals surface area contributed by atoms with Crippen molar-refractivity contribution in [2.45, 2.75) is 213 Å². The van der Waals surface area contributed by atoms with E-state index in [-0.39, 0.29) is 0 Å². The first-order valence-corrected chi connectivity index (χ1v) is 16.9. The molecule has 0 saturated heterocycles. The standard InChI is InChI=1S/C18H36O2.C16H34/c1-2-3-4-5-6-7-8-9-10-11-12-13-14-15-16-17-18(19)20;1-3-5-7-9-11-13-15-16-14-12-10-8-6-4-2/h2-17H2,1H3,(H,19,20);3-16H2,1-2H3. The molecule has 0 aliphatic carbocycles. The Morgan fingerprint density at radius 3 is 0.667 bits per heavy atom. The van der Waals surface area contributed by atoms with Crippen LogP contribution in [0.5, 0.6) is 0 Å². The van der Waals surface area contributed by atoms with E-state index in [0.717, 1.165) is 12.8 Å². The Balaban J connectivity index is 0. The summed E-state index contributed by atoms with van der Waals surface area (Å²) >= 11 is 0. The smallest absolute Gasteiger partial charge is 0.303 e. The highest BCUT2D eigenvalue weighted by Crippen LogP contribution is 2.14. The minimum absolute atomic E-state index is 0.345. The average Bonchev–Trinajstić information content (AvgIpc) is 2.87. The summed E-state index contributed by atoms with van der Waals surface area (Å²) in [4.78, 5) is 10.3. The van der Waals surface area contributed by atoms with Crippen LogP contribution in [-0.2, 0) is 4.79 Å². The number of unbranched alkanes of at least 4 members (excludes halogenated alkanes) is 27. The van der Waals surface area contributed by atoms with Crippen LogP contribution in [0.15, 0.2) is 0 Å². The molecule has 0 rings (SSSR count). The van der Waals surface area contributed by atoms with Crippen LogP contribution >= 0.6 is 0 Å². The Kier molecular flexibility index (Phi) is 38.3. The van der Waals surface area contributed by atoms with E-state index in [9.17, 15) is 4.79 Å². The lowest BCUT2D eigenvalue weighted by atomic mass is 10.0. The van der Waals surface area contributed by atoms with Gasteiger partial charge < -0.3 is 5.11 Å². The maximum Gasteiger partial charge on any atom is 0.303 e. The second-order valence-corrected chi connectivity index (χ2v) is 11.3. The van der Waals surface area contributed by atoms with Gasteiger partial charge >= 0.3 is 5.97 Å². The molecule has 0 aromatic carbocycles. The predicted octanol–water partition coefficient (Wildman–Crippen LogP) is 12.8. The number of rotatable bonds is 29. The number of hydrogen-bond donors (Lipinski definition) is 1. The molecule has 0 aliphatic heterocycles. The van der Waals surface area contributed by atoms with Gasteiger partial charge in [-0.1, -0.05) is 201 Å². The molecule has 0 unspecified atom stereocenters. The zero-order valence-electron chi connectivity index (χ0n) is 25.6. The van der Waals surface area contributed by atoms with Crippen LogP contribution in [0.1, 0.15) is 213 Å². The Morgan fingerprint density at radius 2 is 0.500 bits per heavy atom. The minimum Gasteiger partial charge on any atom is -0.481 e. The van der Waals surface area contributed by atoms with E-state index in [4.69, 9.17) is 5.11 Å². The van der Waals surface area contributed by atoms with Gasteiger partial charge in [-0.3, -0.25) is 4.79 Å². The molecule has 2 heteroatoms. The molecule has 0 bridgehead atoms. The van der Waals surface area contributed by atoms with Gasteiger partial charge in [-0.15, -0.1) is 0 Å². The summed E-state index contributed by atoms with van der Waals surface area (Å²) < 4.78 is 0. The van der Waals surface area contributed by atoms with Gasteiger partial charge in [0.05, 0.1) is 0 Å². The average molecular weight is 511 g/mol. The maximum absolute atomic E-state index is 10.3. The molecule has 218 valence electrons. The molecule has 0 fully saturated rings. The zero-order valence-corrected chi connectivity index (χ0v) is 25.6.